The normalized spacial score (nSPS) is 10.6. The molecule has 0 heterocycles. The summed E-state index contributed by atoms with van der Waals surface area (Å²) < 4.78 is 29.7. The fraction of sp³-hybridized carbons (Fsp3) is 0.136. The summed E-state index contributed by atoms with van der Waals surface area (Å²) in [5, 5.41) is 5.97. The average Bonchev–Trinajstić information content (AvgIpc) is 2.75. The maximum absolute atomic E-state index is 14.7. The minimum atomic E-state index is -1.16. The third kappa shape index (κ3) is 6.14. The first-order valence-electron chi connectivity index (χ1n) is 9.28. The van der Waals surface area contributed by atoms with Crippen LogP contribution >= 0.6 is 38.5 Å². The molecule has 9 heteroatoms. The zero-order chi connectivity index (χ0) is 22.4. The molecule has 0 saturated carbocycles. The number of hydroxylamine groups is 1. The summed E-state index contributed by atoms with van der Waals surface area (Å²) in [5.74, 6) is -2.96. The molecule has 0 bridgehead atoms. The summed E-state index contributed by atoms with van der Waals surface area (Å²) in [7, 11) is 0. The van der Waals surface area contributed by atoms with Gasteiger partial charge in [0.2, 0.25) is 0 Å². The summed E-state index contributed by atoms with van der Waals surface area (Å²) in [6.07, 6.45) is 0. The van der Waals surface area contributed by atoms with Gasteiger partial charge in [-0.2, -0.15) is 0 Å². The van der Waals surface area contributed by atoms with Gasteiger partial charge in [0.15, 0.2) is 11.6 Å². The number of halogens is 4. The number of benzene rings is 3. The Morgan fingerprint density at radius 1 is 1.10 bits per heavy atom. The summed E-state index contributed by atoms with van der Waals surface area (Å²) >= 11 is 5.11. The van der Waals surface area contributed by atoms with Crippen LogP contribution in [0, 0.1) is 22.1 Å². The number of carbonyl (C=O) groups is 1. The van der Waals surface area contributed by atoms with Crippen LogP contribution in [0.5, 0.6) is 0 Å². The largest absolute Gasteiger partial charge is 0.383 e. The third-order valence-electron chi connectivity index (χ3n) is 4.33. The molecule has 5 nitrogen and oxygen atoms in total. The molecule has 0 atom stereocenters. The monoisotopic (exact) mass is 601 g/mol. The van der Waals surface area contributed by atoms with Gasteiger partial charge in [0.1, 0.15) is 0 Å². The van der Waals surface area contributed by atoms with Crippen LogP contribution < -0.4 is 16.1 Å². The smallest absolute Gasteiger partial charge is 0.277 e. The van der Waals surface area contributed by atoms with Crippen LogP contribution in [0.4, 0.5) is 25.8 Å². The lowest BCUT2D eigenvalue weighted by molar-refractivity contribution is 0.0352. The van der Waals surface area contributed by atoms with Gasteiger partial charge in [0, 0.05) is 21.5 Å². The topological polar surface area (TPSA) is 62.4 Å². The predicted molar refractivity (Wildman–Crippen MR) is 130 cm³/mol. The predicted octanol–water partition coefficient (Wildman–Crippen LogP) is 6.16. The van der Waals surface area contributed by atoms with Gasteiger partial charge in [0.25, 0.3) is 5.91 Å². The van der Waals surface area contributed by atoms with Crippen molar-refractivity contribution in [1.29, 1.82) is 0 Å². The maximum atomic E-state index is 14.7. The molecule has 0 aliphatic heterocycles. The van der Waals surface area contributed by atoms with Crippen molar-refractivity contribution >= 4 is 61.5 Å². The van der Waals surface area contributed by atoms with E-state index in [2.05, 4.69) is 54.6 Å². The number of para-hydroxylation sites is 1. The standard InChI is InChI=1S/C22H19BrF2IN3O2/c1-13-11-14(26)7-8-18(13)28-21-16(12-17(23)19(24)20(21)25)22(30)29-31-10-9-27-15-5-3-2-4-6-15/h2-8,11-12,27-28H,9-10H2,1H3,(H,29,30). The van der Waals surface area contributed by atoms with Crippen molar-refractivity contribution in [2.45, 2.75) is 6.92 Å². The van der Waals surface area contributed by atoms with E-state index in [0.717, 1.165) is 14.8 Å². The number of hydrogen-bond acceptors (Lipinski definition) is 4. The van der Waals surface area contributed by atoms with Crippen molar-refractivity contribution in [3.63, 3.8) is 0 Å². The Hall–Kier alpha value is -2.24. The first-order chi connectivity index (χ1) is 14.9. The SMILES string of the molecule is Cc1cc(I)ccc1Nc1c(C(=O)NOCCNc2ccccc2)cc(Br)c(F)c1F. The Kier molecular flexibility index (Phi) is 8.22. The molecule has 0 spiro atoms. The zero-order valence-electron chi connectivity index (χ0n) is 16.4. The van der Waals surface area contributed by atoms with Crippen LogP contribution in [-0.4, -0.2) is 19.1 Å². The minimum Gasteiger partial charge on any atom is -0.383 e. The van der Waals surface area contributed by atoms with Gasteiger partial charge in [-0.3, -0.25) is 9.63 Å². The highest BCUT2D eigenvalue weighted by Crippen LogP contribution is 2.32. The number of amides is 1. The summed E-state index contributed by atoms with van der Waals surface area (Å²) in [6.45, 7) is 2.45. The van der Waals surface area contributed by atoms with E-state index >= 15 is 0 Å². The molecule has 3 aromatic carbocycles. The van der Waals surface area contributed by atoms with Crippen molar-refractivity contribution in [3.8, 4) is 0 Å². The molecule has 0 saturated heterocycles. The van der Waals surface area contributed by atoms with Crippen molar-refractivity contribution in [2.24, 2.45) is 0 Å². The number of rotatable bonds is 8. The van der Waals surface area contributed by atoms with E-state index < -0.39 is 17.5 Å². The van der Waals surface area contributed by atoms with E-state index in [9.17, 15) is 13.6 Å². The lowest BCUT2D eigenvalue weighted by Crippen LogP contribution is -2.27. The fourth-order valence-corrected chi connectivity index (χ4v) is 3.82. The molecule has 0 aromatic heterocycles. The molecule has 3 rings (SSSR count). The number of hydrogen-bond donors (Lipinski definition) is 3. The van der Waals surface area contributed by atoms with E-state index in [1.807, 2.05) is 49.4 Å². The number of aryl methyl sites for hydroxylation is 1. The highest BCUT2D eigenvalue weighted by Gasteiger charge is 2.22. The van der Waals surface area contributed by atoms with E-state index in [1.54, 1.807) is 6.07 Å². The fourth-order valence-electron chi connectivity index (χ4n) is 2.77. The van der Waals surface area contributed by atoms with Gasteiger partial charge >= 0.3 is 0 Å². The molecular formula is C22H19BrF2IN3O2. The molecule has 0 aliphatic rings. The number of anilines is 3. The van der Waals surface area contributed by atoms with Gasteiger partial charge in [-0.1, -0.05) is 18.2 Å². The molecule has 0 fully saturated rings. The highest BCUT2D eigenvalue weighted by molar-refractivity contribution is 14.1. The Morgan fingerprint density at radius 3 is 2.55 bits per heavy atom. The van der Waals surface area contributed by atoms with Crippen LogP contribution in [-0.2, 0) is 4.84 Å². The van der Waals surface area contributed by atoms with Crippen LogP contribution in [0.15, 0.2) is 59.1 Å². The lowest BCUT2D eigenvalue weighted by Gasteiger charge is -2.16. The van der Waals surface area contributed by atoms with Crippen molar-refractivity contribution < 1.29 is 18.4 Å². The Labute approximate surface area is 200 Å². The van der Waals surface area contributed by atoms with Crippen LogP contribution in [0.2, 0.25) is 0 Å². The van der Waals surface area contributed by atoms with Gasteiger partial charge in [-0.05, 0) is 87.4 Å². The minimum absolute atomic E-state index is 0.0975. The first kappa shape index (κ1) is 23.4. The second-order valence-electron chi connectivity index (χ2n) is 6.57. The highest BCUT2D eigenvalue weighted by atomic mass is 127. The number of nitrogens with one attached hydrogen (secondary N) is 3. The van der Waals surface area contributed by atoms with E-state index in [-0.39, 0.29) is 22.3 Å². The van der Waals surface area contributed by atoms with Crippen LogP contribution in [0.3, 0.4) is 0 Å². The third-order valence-corrected chi connectivity index (χ3v) is 5.57. The molecule has 3 aromatic rings. The van der Waals surface area contributed by atoms with Crippen molar-refractivity contribution in [2.75, 3.05) is 23.8 Å². The molecule has 0 aliphatic carbocycles. The maximum Gasteiger partial charge on any atom is 0.277 e. The summed E-state index contributed by atoms with van der Waals surface area (Å²) in [4.78, 5) is 17.8. The van der Waals surface area contributed by atoms with E-state index in [1.165, 1.54) is 6.07 Å². The van der Waals surface area contributed by atoms with Gasteiger partial charge in [-0.25, -0.2) is 14.3 Å². The second kappa shape index (κ2) is 10.9. The summed E-state index contributed by atoms with van der Waals surface area (Å²) in [6, 6.07) is 16.2. The molecule has 31 heavy (non-hydrogen) atoms. The summed E-state index contributed by atoms with van der Waals surface area (Å²) in [5.41, 5.74) is 4.21. The van der Waals surface area contributed by atoms with Gasteiger partial charge in [0.05, 0.1) is 22.3 Å². The Balaban J connectivity index is 1.71. The Bertz CT molecular complexity index is 1080. The van der Waals surface area contributed by atoms with Gasteiger partial charge < -0.3 is 10.6 Å². The quantitative estimate of drug-likeness (QED) is 0.125. The molecule has 3 N–H and O–H groups in total. The lowest BCUT2D eigenvalue weighted by atomic mass is 10.1. The van der Waals surface area contributed by atoms with E-state index in [4.69, 9.17) is 4.84 Å². The molecular weight excluding hydrogens is 583 g/mol. The van der Waals surface area contributed by atoms with Crippen LogP contribution in [0.1, 0.15) is 15.9 Å². The van der Waals surface area contributed by atoms with Crippen LogP contribution in [0.25, 0.3) is 0 Å². The zero-order valence-corrected chi connectivity index (χ0v) is 20.2. The molecule has 162 valence electrons. The van der Waals surface area contributed by atoms with Crippen molar-refractivity contribution in [3.05, 3.63) is 85.4 Å². The van der Waals surface area contributed by atoms with Crippen molar-refractivity contribution in [1.82, 2.24) is 5.48 Å². The van der Waals surface area contributed by atoms with Gasteiger partial charge in [-0.15, -0.1) is 0 Å². The molecule has 0 unspecified atom stereocenters. The average molecular weight is 602 g/mol. The number of carbonyl (C=O) groups excluding carboxylic acids is 1. The first-order valence-corrected chi connectivity index (χ1v) is 11.2. The van der Waals surface area contributed by atoms with E-state index in [0.29, 0.717) is 12.2 Å². The Morgan fingerprint density at radius 2 is 1.84 bits per heavy atom. The molecule has 1 amide bonds. The molecule has 0 radical (unpaired) electrons. The second-order valence-corrected chi connectivity index (χ2v) is 8.67.